The smallest absolute Gasteiger partial charge is 0.322 e. The number of carboxylic acid groups (broad SMARTS) is 1. The molecular formula is C13H18N2O4S2. The number of anilines is 1. The summed E-state index contributed by atoms with van der Waals surface area (Å²) in [5.74, 6) is -1.10. The van der Waals surface area contributed by atoms with Crippen molar-refractivity contribution in [2.24, 2.45) is 0 Å². The summed E-state index contributed by atoms with van der Waals surface area (Å²) < 4.78 is 28.5. The molecule has 0 amide bonds. The summed E-state index contributed by atoms with van der Waals surface area (Å²) in [6, 6.07) is 6.06. The van der Waals surface area contributed by atoms with E-state index in [1.165, 1.54) is 11.8 Å². The number of piperidine rings is 1. The zero-order chi connectivity index (χ0) is 15.5. The number of nitrogens with one attached hydrogen (secondary N) is 1. The molecule has 6 nitrogen and oxygen atoms in total. The molecule has 1 aromatic rings. The molecule has 1 unspecified atom stereocenters. The largest absolute Gasteiger partial charge is 0.480 e. The van der Waals surface area contributed by atoms with Gasteiger partial charge in [-0.25, -0.2) is 0 Å². The Hall–Kier alpha value is -1.25. The van der Waals surface area contributed by atoms with Crippen LogP contribution in [0.5, 0.6) is 0 Å². The number of hydrogen-bond donors (Lipinski definition) is 2. The molecule has 1 fully saturated rings. The molecule has 0 aromatic heterocycles. The van der Waals surface area contributed by atoms with Crippen molar-refractivity contribution in [1.82, 2.24) is 4.31 Å². The van der Waals surface area contributed by atoms with Crippen LogP contribution in [0.3, 0.4) is 0 Å². The van der Waals surface area contributed by atoms with Gasteiger partial charge in [0.15, 0.2) is 0 Å². The van der Waals surface area contributed by atoms with Crippen LogP contribution in [0, 0.1) is 0 Å². The standard InChI is InChI=1S/C13H18N2O4S2/c1-20-12-8-3-2-6-10(12)14-21(18,19)15-9-5-4-7-11(15)13(16)17/h2-3,6,8,11,14H,4-5,7,9H2,1H3,(H,16,17). The average Bonchev–Trinajstić information content (AvgIpc) is 2.47. The maximum atomic E-state index is 12.5. The van der Waals surface area contributed by atoms with E-state index in [1.807, 2.05) is 18.4 Å². The van der Waals surface area contributed by atoms with Gasteiger partial charge in [-0.05, 0) is 37.7 Å². The fourth-order valence-corrected chi connectivity index (χ4v) is 4.46. The molecule has 1 aromatic carbocycles. The molecular weight excluding hydrogens is 312 g/mol. The first-order chi connectivity index (χ1) is 9.95. The van der Waals surface area contributed by atoms with Crippen molar-refractivity contribution in [3.8, 4) is 0 Å². The van der Waals surface area contributed by atoms with Crippen LogP contribution in [0.2, 0.25) is 0 Å². The van der Waals surface area contributed by atoms with Crippen LogP contribution in [-0.2, 0) is 15.0 Å². The maximum absolute atomic E-state index is 12.5. The Kier molecular flexibility index (Phi) is 5.13. The van der Waals surface area contributed by atoms with Crippen LogP contribution in [0.25, 0.3) is 0 Å². The third-order valence-corrected chi connectivity index (χ3v) is 5.72. The summed E-state index contributed by atoms with van der Waals surface area (Å²) >= 11 is 1.43. The summed E-state index contributed by atoms with van der Waals surface area (Å²) in [7, 11) is -3.87. The molecule has 1 atom stereocenters. The first-order valence-electron chi connectivity index (χ1n) is 6.61. The van der Waals surface area contributed by atoms with Crippen molar-refractivity contribution < 1.29 is 18.3 Å². The van der Waals surface area contributed by atoms with Crippen LogP contribution in [0.4, 0.5) is 5.69 Å². The number of carbonyl (C=O) groups is 1. The molecule has 0 spiro atoms. The average molecular weight is 330 g/mol. The van der Waals surface area contributed by atoms with Gasteiger partial charge in [-0.3, -0.25) is 9.52 Å². The highest BCUT2D eigenvalue weighted by atomic mass is 32.2. The van der Waals surface area contributed by atoms with E-state index in [0.29, 0.717) is 18.5 Å². The monoisotopic (exact) mass is 330 g/mol. The van der Waals surface area contributed by atoms with E-state index in [0.717, 1.165) is 15.6 Å². The van der Waals surface area contributed by atoms with Crippen LogP contribution in [0.1, 0.15) is 19.3 Å². The maximum Gasteiger partial charge on any atom is 0.322 e. The van der Waals surface area contributed by atoms with Crippen LogP contribution in [-0.4, -0.2) is 42.6 Å². The van der Waals surface area contributed by atoms with Gasteiger partial charge in [0.25, 0.3) is 0 Å². The summed E-state index contributed by atoms with van der Waals surface area (Å²) in [5.41, 5.74) is 0.472. The SMILES string of the molecule is CSc1ccccc1NS(=O)(=O)N1CCCCC1C(=O)O. The Morgan fingerprint density at radius 3 is 2.76 bits per heavy atom. The number of aliphatic carboxylic acids is 1. The number of rotatable bonds is 5. The topological polar surface area (TPSA) is 86.7 Å². The minimum Gasteiger partial charge on any atom is -0.480 e. The van der Waals surface area contributed by atoms with Gasteiger partial charge in [0.1, 0.15) is 6.04 Å². The Labute approximate surface area is 128 Å². The lowest BCUT2D eigenvalue weighted by Crippen LogP contribution is -2.49. The molecule has 1 aliphatic rings. The third kappa shape index (κ3) is 3.69. The molecule has 1 heterocycles. The van der Waals surface area contributed by atoms with Gasteiger partial charge in [0, 0.05) is 11.4 Å². The number of para-hydroxylation sites is 1. The number of nitrogens with zero attached hydrogens (tertiary/aromatic N) is 1. The van der Waals surface area contributed by atoms with E-state index in [-0.39, 0.29) is 6.54 Å². The molecule has 1 saturated heterocycles. The van der Waals surface area contributed by atoms with Crippen molar-refractivity contribution >= 4 is 33.6 Å². The van der Waals surface area contributed by atoms with Crippen LogP contribution < -0.4 is 4.72 Å². The van der Waals surface area contributed by atoms with E-state index in [1.54, 1.807) is 12.1 Å². The van der Waals surface area contributed by atoms with E-state index < -0.39 is 22.2 Å². The number of hydrogen-bond acceptors (Lipinski definition) is 4. The Bertz CT molecular complexity index is 618. The first kappa shape index (κ1) is 16.1. The number of benzene rings is 1. The lowest BCUT2D eigenvalue weighted by atomic mass is 10.1. The lowest BCUT2D eigenvalue weighted by molar-refractivity contribution is -0.142. The van der Waals surface area contributed by atoms with E-state index in [4.69, 9.17) is 0 Å². The predicted molar refractivity (Wildman–Crippen MR) is 82.7 cm³/mol. The van der Waals surface area contributed by atoms with Crippen molar-refractivity contribution in [2.45, 2.75) is 30.2 Å². The molecule has 2 rings (SSSR count). The zero-order valence-electron chi connectivity index (χ0n) is 11.7. The molecule has 0 saturated carbocycles. The molecule has 0 radical (unpaired) electrons. The molecule has 1 aliphatic heterocycles. The van der Waals surface area contributed by atoms with E-state index in [9.17, 15) is 18.3 Å². The second-order valence-electron chi connectivity index (χ2n) is 4.77. The van der Waals surface area contributed by atoms with Gasteiger partial charge in [-0.2, -0.15) is 12.7 Å². The molecule has 8 heteroatoms. The Balaban J connectivity index is 2.26. The fraction of sp³-hybridized carbons (Fsp3) is 0.462. The molecule has 0 bridgehead atoms. The van der Waals surface area contributed by atoms with Crippen molar-refractivity contribution in [3.63, 3.8) is 0 Å². The summed E-state index contributed by atoms with van der Waals surface area (Å²) in [5, 5.41) is 9.20. The Morgan fingerprint density at radius 1 is 1.38 bits per heavy atom. The highest BCUT2D eigenvalue weighted by Gasteiger charge is 2.36. The molecule has 2 N–H and O–H groups in total. The fourth-order valence-electron chi connectivity index (χ4n) is 2.37. The minimum absolute atomic E-state index is 0.230. The predicted octanol–water partition coefficient (Wildman–Crippen LogP) is 2.00. The van der Waals surface area contributed by atoms with E-state index in [2.05, 4.69) is 4.72 Å². The summed E-state index contributed by atoms with van der Waals surface area (Å²) in [6.45, 7) is 0.230. The molecule has 0 aliphatic carbocycles. The zero-order valence-corrected chi connectivity index (χ0v) is 13.3. The van der Waals surface area contributed by atoms with Gasteiger partial charge in [0.05, 0.1) is 5.69 Å². The number of carboxylic acids is 1. The van der Waals surface area contributed by atoms with Gasteiger partial charge in [-0.1, -0.05) is 12.1 Å². The summed E-state index contributed by atoms with van der Waals surface area (Å²) in [6.07, 6.45) is 3.60. The van der Waals surface area contributed by atoms with Crippen molar-refractivity contribution in [1.29, 1.82) is 0 Å². The van der Waals surface area contributed by atoms with Gasteiger partial charge in [0.2, 0.25) is 0 Å². The van der Waals surface area contributed by atoms with Crippen molar-refractivity contribution in [3.05, 3.63) is 24.3 Å². The first-order valence-corrected chi connectivity index (χ1v) is 9.27. The van der Waals surface area contributed by atoms with Crippen LogP contribution in [0.15, 0.2) is 29.2 Å². The summed E-state index contributed by atoms with van der Waals surface area (Å²) in [4.78, 5) is 12.0. The molecule has 21 heavy (non-hydrogen) atoms. The van der Waals surface area contributed by atoms with E-state index >= 15 is 0 Å². The second kappa shape index (κ2) is 6.67. The second-order valence-corrected chi connectivity index (χ2v) is 7.24. The highest BCUT2D eigenvalue weighted by molar-refractivity contribution is 7.98. The molecule has 116 valence electrons. The lowest BCUT2D eigenvalue weighted by Gasteiger charge is -2.32. The van der Waals surface area contributed by atoms with Gasteiger partial charge < -0.3 is 5.11 Å². The van der Waals surface area contributed by atoms with Gasteiger partial charge in [-0.15, -0.1) is 11.8 Å². The minimum atomic E-state index is -3.87. The Morgan fingerprint density at radius 2 is 2.10 bits per heavy atom. The quantitative estimate of drug-likeness (QED) is 0.807. The van der Waals surface area contributed by atoms with Gasteiger partial charge >= 0.3 is 16.2 Å². The highest BCUT2D eigenvalue weighted by Crippen LogP contribution is 2.28. The normalized spacial score (nSPS) is 20.1. The van der Waals surface area contributed by atoms with Crippen molar-refractivity contribution in [2.75, 3.05) is 17.5 Å². The van der Waals surface area contributed by atoms with Crippen LogP contribution >= 0.6 is 11.8 Å². The number of thioether (sulfide) groups is 1. The third-order valence-electron chi connectivity index (χ3n) is 3.39.